The maximum Gasteiger partial charge on any atom is 0.244 e. The molecule has 0 N–H and O–H groups in total. The highest BCUT2D eigenvalue weighted by Crippen LogP contribution is 2.28. The Hall–Kier alpha value is -1.10. The Balaban J connectivity index is 3.20. The normalized spacial score (nSPS) is 12.2. The number of aryl methyl sites for hydroxylation is 2. The van der Waals surface area contributed by atoms with Crippen LogP contribution in [-0.4, -0.2) is 31.9 Å². The summed E-state index contributed by atoms with van der Waals surface area (Å²) in [5.41, 5.74) is 3.00. The van der Waals surface area contributed by atoms with E-state index >= 15 is 0 Å². The highest BCUT2D eigenvalue weighted by Gasteiger charge is 2.25. The van der Waals surface area contributed by atoms with Gasteiger partial charge in [0.1, 0.15) is 18.9 Å². The minimum atomic E-state index is -0.437. The summed E-state index contributed by atoms with van der Waals surface area (Å²) in [6.07, 6.45) is 0.396. The molecule has 1 aromatic carbocycles. The zero-order chi connectivity index (χ0) is 15.1. The summed E-state index contributed by atoms with van der Waals surface area (Å²) < 4.78 is 10.4. The number of halogens is 1. The van der Waals surface area contributed by atoms with Gasteiger partial charge in [0.2, 0.25) is 5.91 Å². The van der Waals surface area contributed by atoms with E-state index in [0.717, 1.165) is 23.2 Å². The summed E-state index contributed by atoms with van der Waals surface area (Å²) in [6, 6.07) is 5.98. The highest BCUT2D eigenvalue weighted by molar-refractivity contribution is 6.29. The predicted octanol–water partition coefficient (Wildman–Crippen LogP) is 3.10. The number of rotatable bonds is 7. The van der Waals surface area contributed by atoms with Crippen LogP contribution in [0, 0.1) is 6.92 Å². The number of amides is 1. The molecule has 5 heteroatoms. The van der Waals surface area contributed by atoms with Gasteiger partial charge < -0.3 is 9.47 Å². The second kappa shape index (κ2) is 8.25. The van der Waals surface area contributed by atoms with Gasteiger partial charge >= 0.3 is 0 Å². The first kappa shape index (κ1) is 17.0. The third kappa shape index (κ3) is 3.95. The van der Waals surface area contributed by atoms with Crippen LogP contribution in [0.4, 0.5) is 5.69 Å². The van der Waals surface area contributed by atoms with Crippen LogP contribution < -0.4 is 4.90 Å². The second-order valence-electron chi connectivity index (χ2n) is 4.51. The molecule has 0 aliphatic carbocycles. The summed E-state index contributed by atoms with van der Waals surface area (Å²) in [6.45, 7) is 5.98. The molecule has 1 aromatic rings. The first-order valence-electron chi connectivity index (χ1n) is 6.63. The molecule has 0 aliphatic rings. The molecule has 1 rings (SSSR count). The summed E-state index contributed by atoms with van der Waals surface area (Å²) in [5.74, 6) is -0.266. The zero-order valence-electron chi connectivity index (χ0n) is 12.5. The van der Waals surface area contributed by atoms with Crippen molar-refractivity contribution in [3.8, 4) is 0 Å². The third-order valence-corrected chi connectivity index (χ3v) is 3.35. The van der Waals surface area contributed by atoms with Gasteiger partial charge in [-0.25, -0.2) is 0 Å². The van der Waals surface area contributed by atoms with E-state index in [9.17, 15) is 4.79 Å². The number of carbonyl (C=O) groups is 1. The number of anilines is 1. The molecule has 0 fully saturated rings. The highest BCUT2D eigenvalue weighted by atomic mass is 35.5. The van der Waals surface area contributed by atoms with Gasteiger partial charge in [-0.1, -0.05) is 25.1 Å². The molecule has 0 saturated heterocycles. The van der Waals surface area contributed by atoms with Crippen LogP contribution in [0.1, 0.15) is 25.0 Å². The monoisotopic (exact) mass is 299 g/mol. The minimum absolute atomic E-state index is 0.0851. The summed E-state index contributed by atoms with van der Waals surface area (Å²) in [7, 11) is 1.55. The topological polar surface area (TPSA) is 38.8 Å². The Morgan fingerprint density at radius 1 is 1.45 bits per heavy atom. The number of hydrogen-bond acceptors (Lipinski definition) is 3. The first-order chi connectivity index (χ1) is 9.56. The molecule has 0 spiro atoms. The van der Waals surface area contributed by atoms with E-state index in [1.165, 1.54) is 0 Å². The molecule has 1 unspecified atom stereocenters. The fourth-order valence-electron chi connectivity index (χ4n) is 2.16. The van der Waals surface area contributed by atoms with Crippen LogP contribution >= 0.6 is 11.6 Å². The quantitative estimate of drug-likeness (QED) is 0.574. The molecule has 0 bridgehead atoms. The van der Waals surface area contributed by atoms with E-state index in [0.29, 0.717) is 0 Å². The molecule has 20 heavy (non-hydrogen) atoms. The molecule has 112 valence electrons. The van der Waals surface area contributed by atoms with Crippen molar-refractivity contribution in [1.29, 1.82) is 0 Å². The van der Waals surface area contributed by atoms with Crippen LogP contribution in [-0.2, 0) is 20.7 Å². The summed E-state index contributed by atoms with van der Waals surface area (Å²) in [5, 5.41) is 0. The van der Waals surface area contributed by atoms with Crippen LogP contribution in [0.25, 0.3) is 0 Å². The molecule has 1 amide bonds. The van der Waals surface area contributed by atoms with Crippen LogP contribution in [0.2, 0.25) is 0 Å². The lowest BCUT2D eigenvalue weighted by molar-refractivity contribution is -0.121. The standard InChI is InChI=1S/C15H22ClNO3/c1-5-13-8-6-7-11(2)15(13)17(14(18)9-16)12(3)20-10-19-4/h6-8,12H,5,9-10H2,1-4H3. The van der Waals surface area contributed by atoms with Gasteiger partial charge in [0.25, 0.3) is 0 Å². The lowest BCUT2D eigenvalue weighted by atomic mass is 10.0. The lowest BCUT2D eigenvalue weighted by Crippen LogP contribution is -2.42. The summed E-state index contributed by atoms with van der Waals surface area (Å²) >= 11 is 5.74. The van der Waals surface area contributed by atoms with Gasteiger partial charge in [-0.3, -0.25) is 9.69 Å². The van der Waals surface area contributed by atoms with Gasteiger partial charge in [0.15, 0.2) is 0 Å². The number of para-hydroxylation sites is 1. The van der Waals surface area contributed by atoms with E-state index in [1.807, 2.05) is 32.0 Å². The molecule has 0 aliphatic heterocycles. The van der Waals surface area contributed by atoms with Gasteiger partial charge in [-0.05, 0) is 31.4 Å². The molecule has 4 nitrogen and oxygen atoms in total. The molecule has 0 saturated carbocycles. The smallest absolute Gasteiger partial charge is 0.244 e. The van der Waals surface area contributed by atoms with Crippen LogP contribution in [0.3, 0.4) is 0 Å². The predicted molar refractivity (Wildman–Crippen MR) is 81.2 cm³/mol. The Morgan fingerprint density at radius 3 is 2.70 bits per heavy atom. The van der Waals surface area contributed by atoms with Gasteiger partial charge in [-0.2, -0.15) is 0 Å². The Bertz CT molecular complexity index is 451. The van der Waals surface area contributed by atoms with E-state index in [-0.39, 0.29) is 18.6 Å². The van der Waals surface area contributed by atoms with Crippen LogP contribution in [0.15, 0.2) is 18.2 Å². The van der Waals surface area contributed by atoms with E-state index in [1.54, 1.807) is 12.0 Å². The lowest BCUT2D eigenvalue weighted by Gasteiger charge is -2.31. The van der Waals surface area contributed by atoms with E-state index in [2.05, 4.69) is 6.92 Å². The van der Waals surface area contributed by atoms with Crippen molar-refractivity contribution in [3.63, 3.8) is 0 Å². The second-order valence-corrected chi connectivity index (χ2v) is 4.77. The van der Waals surface area contributed by atoms with Gasteiger partial charge in [0, 0.05) is 7.11 Å². The average molecular weight is 300 g/mol. The largest absolute Gasteiger partial charge is 0.359 e. The number of benzene rings is 1. The molecule has 0 heterocycles. The number of nitrogens with zero attached hydrogens (tertiary/aromatic N) is 1. The molecule has 0 aromatic heterocycles. The fourth-order valence-corrected chi connectivity index (χ4v) is 2.29. The zero-order valence-corrected chi connectivity index (χ0v) is 13.2. The van der Waals surface area contributed by atoms with Gasteiger partial charge in [-0.15, -0.1) is 11.6 Å². The van der Waals surface area contributed by atoms with Crippen molar-refractivity contribution < 1.29 is 14.3 Å². The number of ether oxygens (including phenoxy) is 2. The fraction of sp³-hybridized carbons (Fsp3) is 0.533. The van der Waals surface area contributed by atoms with Crippen molar-refractivity contribution in [2.75, 3.05) is 24.7 Å². The van der Waals surface area contributed by atoms with E-state index < -0.39 is 6.23 Å². The first-order valence-corrected chi connectivity index (χ1v) is 7.17. The van der Waals surface area contributed by atoms with Crippen molar-refractivity contribution in [2.45, 2.75) is 33.4 Å². The average Bonchev–Trinajstić information content (AvgIpc) is 2.46. The Labute approximate surface area is 125 Å². The van der Waals surface area contributed by atoms with Crippen molar-refractivity contribution >= 4 is 23.2 Å². The minimum Gasteiger partial charge on any atom is -0.359 e. The number of alkyl halides is 1. The maximum atomic E-state index is 12.2. The van der Waals surface area contributed by atoms with E-state index in [4.69, 9.17) is 21.1 Å². The number of methoxy groups -OCH3 is 1. The van der Waals surface area contributed by atoms with Crippen molar-refractivity contribution in [3.05, 3.63) is 29.3 Å². The number of hydrogen-bond donors (Lipinski definition) is 0. The number of carbonyl (C=O) groups excluding carboxylic acids is 1. The third-order valence-electron chi connectivity index (χ3n) is 3.12. The molecular formula is C15H22ClNO3. The molecule has 1 atom stereocenters. The Kier molecular flexibility index (Phi) is 6.99. The maximum absolute atomic E-state index is 12.2. The molecule has 0 radical (unpaired) electrons. The van der Waals surface area contributed by atoms with Crippen molar-refractivity contribution in [1.82, 2.24) is 0 Å². The van der Waals surface area contributed by atoms with Gasteiger partial charge in [0.05, 0.1) is 5.69 Å². The van der Waals surface area contributed by atoms with Crippen molar-refractivity contribution in [2.24, 2.45) is 0 Å². The SMILES string of the molecule is CCc1cccc(C)c1N(C(=O)CCl)C(C)OCOC. The van der Waals surface area contributed by atoms with Crippen LogP contribution in [0.5, 0.6) is 0 Å². The summed E-state index contributed by atoms with van der Waals surface area (Å²) in [4.78, 5) is 13.8. The molecular weight excluding hydrogens is 278 g/mol. The Morgan fingerprint density at radius 2 is 2.15 bits per heavy atom.